The van der Waals surface area contributed by atoms with E-state index in [1.807, 2.05) is 0 Å². The van der Waals surface area contributed by atoms with Gasteiger partial charge in [-0.1, -0.05) is 23.7 Å². The van der Waals surface area contributed by atoms with E-state index in [0.29, 0.717) is 22.0 Å². The highest BCUT2D eigenvalue weighted by molar-refractivity contribution is 7.14. The Morgan fingerprint density at radius 1 is 1.31 bits per heavy atom. The summed E-state index contributed by atoms with van der Waals surface area (Å²) in [6.07, 6.45) is 0. The lowest BCUT2D eigenvalue weighted by Crippen LogP contribution is -2.12. The molecule has 2 aromatic carbocycles. The normalized spacial score (nSPS) is 10.6. The first-order valence-corrected chi connectivity index (χ1v) is 8.58. The van der Waals surface area contributed by atoms with Crippen molar-refractivity contribution in [2.24, 2.45) is 0 Å². The lowest BCUT2D eigenvalue weighted by atomic mass is 10.1. The molecule has 0 atom stereocenters. The largest absolute Gasteiger partial charge is 0.298 e. The number of rotatable bonds is 4. The molecule has 3 aromatic rings. The Balaban J connectivity index is 1.83. The van der Waals surface area contributed by atoms with Crippen LogP contribution in [0, 0.1) is 22.9 Å². The molecule has 0 aliphatic rings. The van der Waals surface area contributed by atoms with E-state index < -0.39 is 16.6 Å². The maximum atomic E-state index is 13.1. The number of carbonyl (C=O) groups is 1. The first-order valence-electron chi connectivity index (χ1n) is 7.32. The molecule has 0 spiro atoms. The third kappa shape index (κ3) is 3.71. The summed E-state index contributed by atoms with van der Waals surface area (Å²) >= 11 is 7.04. The highest BCUT2D eigenvalue weighted by Crippen LogP contribution is 2.30. The molecule has 0 aliphatic carbocycles. The van der Waals surface area contributed by atoms with Gasteiger partial charge in [0.2, 0.25) is 0 Å². The lowest BCUT2D eigenvalue weighted by molar-refractivity contribution is -0.385. The van der Waals surface area contributed by atoms with Crippen molar-refractivity contribution in [1.82, 2.24) is 4.98 Å². The first kappa shape index (κ1) is 18.0. The summed E-state index contributed by atoms with van der Waals surface area (Å²) < 4.78 is 13.1. The van der Waals surface area contributed by atoms with Gasteiger partial charge >= 0.3 is 0 Å². The van der Waals surface area contributed by atoms with E-state index in [4.69, 9.17) is 11.6 Å². The summed E-state index contributed by atoms with van der Waals surface area (Å²) in [5.41, 5.74) is 1.74. The highest BCUT2D eigenvalue weighted by Gasteiger charge is 2.16. The number of nitro benzene ring substituents is 1. The number of aromatic nitrogens is 1. The SMILES string of the molecule is Cc1ccc(-c2csc(NC(=O)c3ccc(F)cc3Cl)n2)cc1[N+](=O)[O-]. The molecule has 26 heavy (non-hydrogen) atoms. The third-order valence-electron chi connectivity index (χ3n) is 3.60. The maximum Gasteiger partial charge on any atom is 0.272 e. The minimum atomic E-state index is -0.538. The van der Waals surface area contributed by atoms with Crippen LogP contribution < -0.4 is 5.32 Å². The van der Waals surface area contributed by atoms with Gasteiger partial charge in [0.1, 0.15) is 5.82 Å². The molecule has 0 radical (unpaired) electrons. The number of nitrogens with zero attached hydrogens (tertiary/aromatic N) is 2. The summed E-state index contributed by atoms with van der Waals surface area (Å²) in [6.45, 7) is 1.65. The van der Waals surface area contributed by atoms with E-state index in [2.05, 4.69) is 10.3 Å². The van der Waals surface area contributed by atoms with Crippen LogP contribution in [0.25, 0.3) is 11.3 Å². The fraction of sp³-hybridized carbons (Fsp3) is 0.0588. The Bertz CT molecular complexity index is 1020. The van der Waals surface area contributed by atoms with E-state index >= 15 is 0 Å². The van der Waals surface area contributed by atoms with Crippen LogP contribution >= 0.6 is 22.9 Å². The average Bonchev–Trinajstić information content (AvgIpc) is 3.03. The van der Waals surface area contributed by atoms with Gasteiger partial charge in [0.05, 0.1) is 21.2 Å². The van der Waals surface area contributed by atoms with Crippen LogP contribution in [0.1, 0.15) is 15.9 Å². The summed E-state index contributed by atoms with van der Waals surface area (Å²) in [5, 5.41) is 15.6. The predicted molar refractivity (Wildman–Crippen MR) is 98.3 cm³/mol. The molecule has 0 fully saturated rings. The van der Waals surface area contributed by atoms with Crippen LogP contribution in [-0.2, 0) is 0 Å². The minimum absolute atomic E-state index is 0.000760. The van der Waals surface area contributed by atoms with Gasteiger partial charge in [0, 0.05) is 22.6 Å². The number of hydrogen-bond donors (Lipinski definition) is 1. The molecular weight excluding hydrogens is 381 g/mol. The fourth-order valence-corrected chi connectivity index (χ4v) is 3.24. The Morgan fingerprint density at radius 2 is 2.08 bits per heavy atom. The molecule has 1 N–H and O–H groups in total. The van der Waals surface area contributed by atoms with Crippen molar-refractivity contribution >= 4 is 39.7 Å². The summed E-state index contributed by atoms with van der Waals surface area (Å²) in [6, 6.07) is 8.27. The van der Waals surface area contributed by atoms with Crippen LogP contribution in [0.15, 0.2) is 41.8 Å². The third-order valence-corrected chi connectivity index (χ3v) is 4.67. The van der Waals surface area contributed by atoms with Crippen LogP contribution in [0.5, 0.6) is 0 Å². The Labute approximate surface area is 156 Å². The molecule has 6 nitrogen and oxygen atoms in total. The van der Waals surface area contributed by atoms with Gasteiger partial charge in [-0.05, 0) is 25.1 Å². The topological polar surface area (TPSA) is 85.1 Å². The van der Waals surface area contributed by atoms with Gasteiger partial charge < -0.3 is 0 Å². The van der Waals surface area contributed by atoms with Gasteiger partial charge in [-0.2, -0.15) is 0 Å². The van der Waals surface area contributed by atoms with Crippen molar-refractivity contribution in [3.8, 4) is 11.3 Å². The van der Waals surface area contributed by atoms with E-state index in [1.54, 1.807) is 24.4 Å². The smallest absolute Gasteiger partial charge is 0.272 e. The number of amides is 1. The Kier molecular flexibility index (Phi) is 4.97. The summed E-state index contributed by atoms with van der Waals surface area (Å²) in [7, 11) is 0. The summed E-state index contributed by atoms with van der Waals surface area (Å²) in [4.78, 5) is 27.1. The first-order chi connectivity index (χ1) is 12.3. The Hall–Kier alpha value is -2.84. The van der Waals surface area contributed by atoms with Crippen LogP contribution in [-0.4, -0.2) is 15.8 Å². The van der Waals surface area contributed by atoms with Crippen molar-refractivity contribution < 1.29 is 14.1 Å². The van der Waals surface area contributed by atoms with E-state index in [9.17, 15) is 19.3 Å². The molecule has 1 amide bonds. The van der Waals surface area contributed by atoms with Crippen molar-refractivity contribution in [2.75, 3.05) is 5.32 Å². The molecule has 1 aromatic heterocycles. The maximum absolute atomic E-state index is 13.1. The number of halogens is 2. The van der Waals surface area contributed by atoms with Crippen molar-refractivity contribution in [2.45, 2.75) is 6.92 Å². The molecular formula is C17H11ClFN3O3S. The zero-order valence-electron chi connectivity index (χ0n) is 13.3. The number of nitro groups is 1. The molecule has 1 heterocycles. The van der Waals surface area contributed by atoms with Crippen molar-refractivity contribution in [3.63, 3.8) is 0 Å². The van der Waals surface area contributed by atoms with Crippen LogP contribution in [0.2, 0.25) is 5.02 Å². The van der Waals surface area contributed by atoms with Gasteiger partial charge in [-0.25, -0.2) is 9.37 Å². The number of anilines is 1. The van der Waals surface area contributed by atoms with Crippen molar-refractivity contribution in [3.05, 3.63) is 73.9 Å². The van der Waals surface area contributed by atoms with Gasteiger partial charge in [-0.15, -0.1) is 11.3 Å². The van der Waals surface area contributed by atoms with Crippen LogP contribution in [0.3, 0.4) is 0 Å². The van der Waals surface area contributed by atoms with E-state index in [1.165, 1.54) is 12.1 Å². The number of nitrogens with one attached hydrogen (secondary N) is 1. The molecule has 0 aliphatic heterocycles. The Morgan fingerprint density at radius 3 is 2.77 bits per heavy atom. The van der Waals surface area contributed by atoms with Gasteiger partial charge in [-0.3, -0.25) is 20.2 Å². The van der Waals surface area contributed by atoms with Crippen molar-refractivity contribution in [1.29, 1.82) is 0 Å². The monoisotopic (exact) mass is 391 g/mol. The number of benzene rings is 2. The molecule has 132 valence electrons. The number of aryl methyl sites for hydroxylation is 1. The van der Waals surface area contributed by atoms with E-state index in [-0.39, 0.29) is 16.3 Å². The average molecular weight is 392 g/mol. The number of hydrogen-bond acceptors (Lipinski definition) is 5. The molecule has 0 saturated heterocycles. The molecule has 0 unspecified atom stereocenters. The van der Waals surface area contributed by atoms with Gasteiger partial charge in [0.25, 0.3) is 11.6 Å². The highest BCUT2D eigenvalue weighted by atomic mass is 35.5. The zero-order valence-corrected chi connectivity index (χ0v) is 14.9. The van der Waals surface area contributed by atoms with Crippen LogP contribution in [0.4, 0.5) is 15.2 Å². The fourth-order valence-electron chi connectivity index (χ4n) is 2.27. The molecule has 3 rings (SSSR count). The number of thiazole rings is 1. The summed E-state index contributed by atoms with van der Waals surface area (Å²) in [5.74, 6) is -1.06. The predicted octanol–water partition coefficient (Wildman–Crippen LogP) is 5.07. The second-order valence-corrected chi connectivity index (χ2v) is 6.64. The van der Waals surface area contributed by atoms with E-state index in [0.717, 1.165) is 23.5 Å². The zero-order chi connectivity index (χ0) is 18.8. The van der Waals surface area contributed by atoms with Gasteiger partial charge in [0.15, 0.2) is 5.13 Å². The lowest BCUT2D eigenvalue weighted by Gasteiger charge is -2.04. The second-order valence-electron chi connectivity index (χ2n) is 5.37. The molecule has 9 heteroatoms. The number of carbonyl (C=O) groups excluding carboxylic acids is 1. The molecule has 0 bridgehead atoms. The molecule has 0 saturated carbocycles. The quantitative estimate of drug-likeness (QED) is 0.497. The second kappa shape index (κ2) is 7.19. The standard InChI is InChI=1S/C17H11ClFN3O3S/c1-9-2-3-10(6-15(9)22(24)25)14-8-26-17(20-14)21-16(23)12-5-4-11(19)7-13(12)18/h2-8H,1H3,(H,20,21,23). The minimum Gasteiger partial charge on any atom is -0.298 e.